The number of nitrogens with one attached hydrogen (secondary N) is 2. The monoisotopic (exact) mass is 266 g/mol. The number of carbonyl (C=O) groups excluding carboxylic acids is 1. The Balaban J connectivity index is 2.34. The lowest BCUT2D eigenvalue weighted by atomic mass is 10.3. The number of hydrogen-bond donors (Lipinski definition) is 3. The van der Waals surface area contributed by atoms with Crippen molar-refractivity contribution in [2.75, 3.05) is 31.6 Å². The van der Waals surface area contributed by atoms with Crippen LogP contribution in [-0.4, -0.2) is 47.0 Å². The van der Waals surface area contributed by atoms with E-state index in [1.165, 1.54) is 12.4 Å². The van der Waals surface area contributed by atoms with Crippen LogP contribution in [0.4, 0.5) is 5.82 Å². The molecule has 0 aliphatic rings. The average Bonchev–Trinajstić information content (AvgIpc) is 2.47. The van der Waals surface area contributed by atoms with E-state index in [0.29, 0.717) is 12.4 Å². The molecule has 0 atom stereocenters. The van der Waals surface area contributed by atoms with Crippen molar-refractivity contribution in [3.05, 3.63) is 18.1 Å². The number of amides is 1. The Morgan fingerprint density at radius 2 is 2.11 bits per heavy atom. The fourth-order valence-electron chi connectivity index (χ4n) is 1.68. The molecular formula is C12H22N6O. The summed E-state index contributed by atoms with van der Waals surface area (Å²) in [6.45, 7) is 7.91. The molecule has 0 aliphatic carbocycles. The van der Waals surface area contributed by atoms with Crippen molar-refractivity contribution in [1.82, 2.24) is 20.2 Å². The lowest BCUT2D eigenvalue weighted by Crippen LogP contribution is -2.30. The highest BCUT2D eigenvalue weighted by Crippen LogP contribution is 1.99. The van der Waals surface area contributed by atoms with Gasteiger partial charge in [0.1, 0.15) is 5.69 Å². The molecule has 1 amide bonds. The third kappa shape index (κ3) is 5.19. The first kappa shape index (κ1) is 15.3. The van der Waals surface area contributed by atoms with Crippen molar-refractivity contribution in [1.29, 1.82) is 0 Å². The molecule has 0 spiro atoms. The van der Waals surface area contributed by atoms with E-state index < -0.39 is 0 Å². The highest BCUT2D eigenvalue weighted by Gasteiger charge is 2.08. The summed E-state index contributed by atoms with van der Waals surface area (Å²) in [5, 5.41) is 2.82. The van der Waals surface area contributed by atoms with Crippen LogP contribution in [0.3, 0.4) is 0 Å². The smallest absolute Gasteiger partial charge is 0.271 e. The molecule has 0 fully saturated rings. The van der Waals surface area contributed by atoms with Gasteiger partial charge in [-0.3, -0.25) is 9.78 Å². The van der Waals surface area contributed by atoms with Crippen molar-refractivity contribution in [2.24, 2.45) is 5.84 Å². The molecular weight excluding hydrogens is 244 g/mol. The summed E-state index contributed by atoms with van der Waals surface area (Å²) in [6, 6.07) is 0. The Hall–Kier alpha value is -1.73. The summed E-state index contributed by atoms with van der Waals surface area (Å²) in [5.74, 6) is 5.35. The molecule has 0 unspecified atom stereocenters. The molecule has 7 heteroatoms. The predicted molar refractivity (Wildman–Crippen MR) is 74.6 cm³/mol. The van der Waals surface area contributed by atoms with Crippen LogP contribution < -0.4 is 16.6 Å². The Morgan fingerprint density at radius 1 is 1.37 bits per heavy atom. The number of nitrogen functional groups attached to an aromatic ring is 1. The standard InChI is InChI=1S/C12H22N6O/c1-3-18(4-2)7-5-6-15-12(19)10-8-14-9-11(16-10)17-13/h8-9H,3-7,13H2,1-2H3,(H,15,19)(H,16,17). The normalized spacial score (nSPS) is 10.5. The van der Waals surface area contributed by atoms with Crippen LogP contribution >= 0.6 is 0 Å². The quantitative estimate of drug-likeness (QED) is 0.354. The van der Waals surface area contributed by atoms with E-state index in [2.05, 4.69) is 39.5 Å². The minimum absolute atomic E-state index is 0.232. The van der Waals surface area contributed by atoms with Crippen LogP contribution in [0, 0.1) is 0 Å². The SMILES string of the molecule is CCN(CC)CCCNC(=O)c1cncc(NN)n1. The van der Waals surface area contributed by atoms with E-state index in [0.717, 1.165) is 26.1 Å². The Morgan fingerprint density at radius 3 is 2.74 bits per heavy atom. The zero-order valence-electron chi connectivity index (χ0n) is 11.5. The summed E-state index contributed by atoms with van der Waals surface area (Å²) in [5.41, 5.74) is 2.62. The second kappa shape index (κ2) is 8.39. The molecule has 106 valence electrons. The summed E-state index contributed by atoms with van der Waals surface area (Å²) in [4.78, 5) is 22.0. The molecule has 0 radical (unpaired) electrons. The summed E-state index contributed by atoms with van der Waals surface area (Å²) < 4.78 is 0. The molecule has 7 nitrogen and oxygen atoms in total. The van der Waals surface area contributed by atoms with Crippen LogP contribution in [0.5, 0.6) is 0 Å². The lowest BCUT2D eigenvalue weighted by Gasteiger charge is -2.17. The number of rotatable bonds is 8. The largest absolute Gasteiger partial charge is 0.351 e. The molecule has 0 bridgehead atoms. The van der Waals surface area contributed by atoms with Gasteiger partial charge in [0.05, 0.1) is 12.4 Å². The number of hydrogen-bond acceptors (Lipinski definition) is 6. The van der Waals surface area contributed by atoms with Crippen molar-refractivity contribution >= 4 is 11.7 Å². The maximum atomic E-state index is 11.8. The molecule has 4 N–H and O–H groups in total. The van der Waals surface area contributed by atoms with Crippen molar-refractivity contribution < 1.29 is 4.79 Å². The van der Waals surface area contributed by atoms with Gasteiger partial charge in [0.15, 0.2) is 5.82 Å². The third-order valence-electron chi connectivity index (χ3n) is 2.85. The number of hydrazine groups is 1. The predicted octanol–water partition coefficient (Wildman–Crippen LogP) is 0.224. The Bertz CT molecular complexity index is 394. The summed E-state index contributed by atoms with van der Waals surface area (Å²) in [6.07, 6.45) is 3.79. The molecule has 1 aromatic rings. The fraction of sp³-hybridized carbons (Fsp3) is 0.583. The molecule has 0 saturated heterocycles. The van der Waals surface area contributed by atoms with Crippen LogP contribution in [0.1, 0.15) is 30.8 Å². The van der Waals surface area contributed by atoms with E-state index in [-0.39, 0.29) is 11.6 Å². The van der Waals surface area contributed by atoms with Crippen molar-refractivity contribution in [2.45, 2.75) is 20.3 Å². The zero-order chi connectivity index (χ0) is 14.1. The van der Waals surface area contributed by atoms with Gasteiger partial charge >= 0.3 is 0 Å². The fourth-order valence-corrected chi connectivity index (χ4v) is 1.68. The molecule has 0 aliphatic heterocycles. The Kier molecular flexibility index (Phi) is 6.76. The number of nitrogens with zero attached hydrogens (tertiary/aromatic N) is 3. The molecule has 1 rings (SSSR count). The highest BCUT2D eigenvalue weighted by atomic mass is 16.1. The maximum absolute atomic E-state index is 11.8. The van der Waals surface area contributed by atoms with Crippen molar-refractivity contribution in [3.63, 3.8) is 0 Å². The average molecular weight is 266 g/mol. The molecule has 0 aromatic carbocycles. The second-order valence-corrected chi connectivity index (χ2v) is 4.07. The van der Waals surface area contributed by atoms with Gasteiger partial charge in [-0.15, -0.1) is 0 Å². The summed E-state index contributed by atoms with van der Waals surface area (Å²) >= 11 is 0. The first-order valence-electron chi connectivity index (χ1n) is 6.50. The molecule has 0 saturated carbocycles. The number of carbonyl (C=O) groups is 1. The van der Waals surface area contributed by atoms with E-state index in [9.17, 15) is 4.79 Å². The van der Waals surface area contributed by atoms with E-state index in [1.807, 2.05) is 0 Å². The van der Waals surface area contributed by atoms with Gasteiger partial charge in [-0.1, -0.05) is 13.8 Å². The molecule has 1 aromatic heterocycles. The first-order chi connectivity index (χ1) is 9.21. The van der Waals surface area contributed by atoms with E-state index in [1.54, 1.807) is 0 Å². The highest BCUT2D eigenvalue weighted by molar-refractivity contribution is 5.92. The minimum atomic E-state index is -0.232. The Labute approximate surface area is 113 Å². The van der Waals surface area contributed by atoms with Gasteiger partial charge in [0, 0.05) is 6.54 Å². The van der Waals surface area contributed by atoms with E-state index >= 15 is 0 Å². The van der Waals surface area contributed by atoms with Gasteiger partial charge in [-0.25, -0.2) is 10.8 Å². The van der Waals surface area contributed by atoms with E-state index in [4.69, 9.17) is 5.84 Å². The zero-order valence-corrected chi connectivity index (χ0v) is 11.5. The molecule has 19 heavy (non-hydrogen) atoms. The first-order valence-corrected chi connectivity index (χ1v) is 6.50. The summed E-state index contributed by atoms with van der Waals surface area (Å²) in [7, 11) is 0. The van der Waals surface area contributed by atoms with Gasteiger partial charge in [0.25, 0.3) is 5.91 Å². The third-order valence-corrected chi connectivity index (χ3v) is 2.85. The van der Waals surface area contributed by atoms with Crippen LogP contribution in [-0.2, 0) is 0 Å². The van der Waals surface area contributed by atoms with Gasteiger partial charge < -0.3 is 15.6 Å². The lowest BCUT2D eigenvalue weighted by molar-refractivity contribution is 0.0946. The molecule has 1 heterocycles. The number of nitrogens with two attached hydrogens (primary N) is 1. The van der Waals surface area contributed by atoms with Crippen LogP contribution in [0.25, 0.3) is 0 Å². The van der Waals surface area contributed by atoms with Crippen LogP contribution in [0.2, 0.25) is 0 Å². The number of anilines is 1. The minimum Gasteiger partial charge on any atom is -0.351 e. The van der Waals surface area contributed by atoms with Crippen molar-refractivity contribution in [3.8, 4) is 0 Å². The van der Waals surface area contributed by atoms with Gasteiger partial charge in [0.2, 0.25) is 0 Å². The number of aromatic nitrogens is 2. The van der Waals surface area contributed by atoms with Gasteiger partial charge in [-0.2, -0.15) is 0 Å². The van der Waals surface area contributed by atoms with Gasteiger partial charge in [-0.05, 0) is 26.1 Å². The maximum Gasteiger partial charge on any atom is 0.271 e. The topological polar surface area (TPSA) is 96.2 Å². The second-order valence-electron chi connectivity index (χ2n) is 4.07. The van der Waals surface area contributed by atoms with Crippen LogP contribution in [0.15, 0.2) is 12.4 Å².